The summed E-state index contributed by atoms with van der Waals surface area (Å²) in [5.41, 5.74) is 11.4. The third kappa shape index (κ3) is 6.08. The molecular weight excluding hydrogens is 721 g/mol. The summed E-state index contributed by atoms with van der Waals surface area (Å²) < 4.78 is 6.72. The molecule has 5 nitrogen and oxygen atoms in total. The third-order valence-electron chi connectivity index (χ3n) is 11.1. The Morgan fingerprint density at radius 3 is 1.47 bits per heavy atom. The molecule has 0 atom stereocenters. The maximum absolute atomic E-state index is 9.59. The van der Waals surface area contributed by atoms with E-state index < -0.39 is 0 Å². The molecule has 11 aromatic rings. The van der Waals surface area contributed by atoms with Crippen LogP contribution in [0.3, 0.4) is 0 Å². The summed E-state index contributed by atoms with van der Waals surface area (Å²) in [5, 5.41) is 16.1. The number of rotatable bonds is 6. The van der Waals surface area contributed by atoms with E-state index in [0.29, 0.717) is 23.0 Å². The van der Waals surface area contributed by atoms with Crippen LogP contribution in [0, 0.1) is 11.3 Å². The van der Waals surface area contributed by atoms with E-state index in [-0.39, 0.29) is 0 Å². The predicted molar refractivity (Wildman–Crippen MR) is 239 cm³/mol. The molecule has 2 aromatic heterocycles. The van der Waals surface area contributed by atoms with Gasteiger partial charge in [0.15, 0.2) is 17.5 Å². The Balaban J connectivity index is 1.06. The minimum absolute atomic E-state index is 0.600. The number of hydrogen-bond donors (Lipinski definition) is 0. The lowest BCUT2D eigenvalue weighted by Crippen LogP contribution is -2.00. The van der Waals surface area contributed by atoms with Crippen LogP contribution in [0.25, 0.3) is 111 Å². The van der Waals surface area contributed by atoms with Crippen LogP contribution in [-0.2, 0) is 0 Å². The van der Waals surface area contributed by atoms with Gasteiger partial charge >= 0.3 is 0 Å². The molecule has 274 valence electrons. The SMILES string of the molecule is N#Cc1cccc(-c2ccc3c4ccc(-c5cccc(-c6nc(-c7ccccc7)nc(-c7cccc(-c8ccccc8)c7)n6)c5)cc4c4oc5ccccc5c4c3c2)c1. The van der Waals surface area contributed by atoms with E-state index in [2.05, 4.69) is 133 Å². The van der Waals surface area contributed by atoms with Crippen LogP contribution in [0.1, 0.15) is 5.56 Å². The molecule has 0 amide bonds. The third-order valence-corrected chi connectivity index (χ3v) is 11.1. The van der Waals surface area contributed by atoms with Crippen molar-refractivity contribution < 1.29 is 4.42 Å². The fourth-order valence-electron chi connectivity index (χ4n) is 8.24. The molecule has 0 radical (unpaired) electrons. The van der Waals surface area contributed by atoms with Crippen molar-refractivity contribution in [3.8, 4) is 73.6 Å². The van der Waals surface area contributed by atoms with Crippen LogP contribution in [0.4, 0.5) is 0 Å². The average molecular weight is 753 g/mol. The zero-order chi connectivity index (χ0) is 39.3. The van der Waals surface area contributed by atoms with Crippen LogP contribution < -0.4 is 0 Å². The normalized spacial score (nSPS) is 11.4. The Hall–Kier alpha value is -8.20. The molecule has 0 bridgehead atoms. The van der Waals surface area contributed by atoms with Gasteiger partial charge in [-0.1, -0.05) is 152 Å². The second-order valence-electron chi connectivity index (χ2n) is 14.7. The van der Waals surface area contributed by atoms with E-state index in [9.17, 15) is 5.26 Å². The molecule has 9 aromatic carbocycles. The lowest BCUT2D eigenvalue weighted by molar-refractivity contribution is 0.673. The molecular formula is C54H32N4O. The van der Waals surface area contributed by atoms with Gasteiger partial charge < -0.3 is 4.42 Å². The zero-order valence-corrected chi connectivity index (χ0v) is 31.7. The first-order chi connectivity index (χ1) is 29.2. The number of furan rings is 1. The quantitative estimate of drug-likeness (QED) is 0.158. The molecule has 2 heterocycles. The van der Waals surface area contributed by atoms with Crippen LogP contribution in [0.2, 0.25) is 0 Å². The van der Waals surface area contributed by atoms with Gasteiger partial charge in [0.1, 0.15) is 11.2 Å². The molecule has 0 aliphatic heterocycles. The first-order valence-electron chi connectivity index (χ1n) is 19.6. The van der Waals surface area contributed by atoms with Crippen molar-refractivity contribution in [1.82, 2.24) is 15.0 Å². The van der Waals surface area contributed by atoms with E-state index in [4.69, 9.17) is 19.4 Å². The molecule has 0 unspecified atom stereocenters. The Bertz CT molecular complexity index is 3460. The van der Waals surface area contributed by atoms with Gasteiger partial charge in [-0.15, -0.1) is 0 Å². The number of hydrogen-bond acceptors (Lipinski definition) is 5. The number of nitrogens with zero attached hydrogens (tertiary/aromatic N) is 4. The Morgan fingerprint density at radius 1 is 0.339 bits per heavy atom. The fraction of sp³-hybridized carbons (Fsp3) is 0. The van der Waals surface area contributed by atoms with Gasteiger partial charge in [0.2, 0.25) is 0 Å². The molecule has 5 heteroatoms. The van der Waals surface area contributed by atoms with Crippen molar-refractivity contribution in [2.75, 3.05) is 0 Å². The monoisotopic (exact) mass is 752 g/mol. The second kappa shape index (κ2) is 14.1. The highest BCUT2D eigenvalue weighted by molar-refractivity contribution is 6.30. The predicted octanol–water partition coefficient (Wildman–Crippen LogP) is 14.0. The summed E-state index contributed by atoms with van der Waals surface area (Å²) in [6.07, 6.45) is 0. The summed E-state index contributed by atoms with van der Waals surface area (Å²) in [7, 11) is 0. The van der Waals surface area contributed by atoms with Crippen molar-refractivity contribution in [1.29, 1.82) is 5.26 Å². The van der Waals surface area contributed by atoms with Gasteiger partial charge in [-0.25, -0.2) is 15.0 Å². The standard InChI is InChI=1S/C54H32N4O/c55-33-34-12-9-17-37(28-34)40-24-26-44-45-27-25-41(32-48(45)51-50(47(44)31-40)46-22-7-8-23-49(46)59-51)39-19-11-21-43(30-39)54-57-52(36-15-5-2-6-16-36)56-53(58-54)42-20-10-18-38(29-42)35-13-3-1-4-14-35/h1-32H. The van der Waals surface area contributed by atoms with Gasteiger partial charge in [0.05, 0.1) is 11.6 Å². The molecule has 0 N–H and O–H groups in total. The summed E-state index contributed by atoms with van der Waals surface area (Å²) >= 11 is 0. The van der Waals surface area contributed by atoms with Gasteiger partial charge in [0.25, 0.3) is 0 Å². The lowest BCUT2D eigenvalue weighted by atomic mass is 9.91. The molecule has 11 rings (SSSR count). The second-order valence-corrected chi connectivity index (χ2v) is 14.7. The molecule has 0 fully saturated rings. The van der Waals surface area contributed by atoms with E-state index in [1.165, 1.54) is 0 Å². The Labute approximate surface area is 340 Å². The van der Waals surface area contributed by atoms with E-state index in [1.54, 1.807) is 0 Å². The van der Waals surface area contributed by atoms with Crippen LogP contribution in [0.5, 0.6) is 0 Å². The number of para-hydroxylation sites is 1. The van der Waals surface area contributed by atoms with Crippen LogP contribution in [-0.4, -0.2) is 15.0 Å². The van der Waals surface area contributed by atoms with Crippen LogP contribution >= 0.6 is 0 Å². The summed E-state index contributed by atoms with van der Waals surface area (Å²) in [5.74, 6) is 1.83. The van der Waals surface area contributed by atoms with Gasteiger partial charge in [-0.05, 0) is 92.0 Å². The molecule has 0 aliphatic rings. The maximum Gasteiger partial charge on any atom is 0.164 e. The molecule has 0 aliphatic carbocycles. The largest absolute Gasteiger partial charge is 0.455 e. The highest BCUT2D eigenvalue weighted by atomic mass is 16.3. The number of fused-ring (bicyclic) bond motifs is 8. The van der Waals surface area contributed by atoms with Gasteiger partial charge in [-0.3, -0.25) is 0 Å². The molecule has 59 heavy (non-hydrogen) atoms. The van der Waals surface area contributed by atoms with E-state index in [1.807, 2.05) is 66.7 Å². The van der Waals surface area contributed by atoms with Crippen molar-refractivity contribution in [3.05, 3.63) is 200 Å². The number of nitriles is 1. The van der Waals surface area contributed by atoms with Crippen molar-refractivity contribution in [3.63, 3.8) is 0 Å². The van der Waals surface area contributed by atoms with E-state index in [0.717, 1.165) is 93.6 Å². The average Bonchev–Trinajstić information content (AvgIpc) is 3.72. The Morgan fingerprint density at radius 2 is 0.814 bits per heavy atom. The smallest absolute Gasteiger partial charge is 0.164 e. The molecule has 0 saturated heterocycles. The van der Waals surface area contributed by atoms with Crippen molar-refractivity contribution >= 4 is 43.5 Å². The van der Waals surface area contributed by atoms with Crippen molar-refractivity contribution in [2.45, 2.75) is 0 Å². The van der Waals surface area contributed by atoms with Gasteiger partial charge in [-0.2, -0.15) is 5.26 Å². The van der Waals surface area contributed by atoms with Crippen LogP contribution in [0.15, 0.2) is 199 Å². The lowest BCUT2D eigenvalue weighted by Gasteiger charge is -2.12. The zero-order valence-electron chi connectivity index (χ0n) is 31.7. The number of aromatic nitrogens is 3. The summed E-state index contributed by atoms with van der Waals surface area (Å²) in [6, 6.07) is 68.7. The van der Waals surface area contributed by atoms with Gasteiger partial charge in [0, 0.05) is 32.8 Å². The first-order valence-corrected chi connectivity index (χ1v) is 19.6. The minimum atomic E-state index is 0.600. The molecule has 0 spiro atoms. The number of benzene rings is 9. The first kappa shape index (κ1) is 34.1. The highest BCUT2D eigenvalue weighted by Crippen LogP contribution is 2.43. The van der Waals surface area contributed by atoms with Crippen molar-refractivity contribution in [2.24, 2.45) is 0 Å². The minimum Gasteiger partial charge on any atom is -0.455 e. The highest BCUT2D eigenvalue weighted by Gasteiger charge is 2.18. The summed E-state index contributed by atoms with van der Waals surface area (Å²) in [6.45, 7) is 0. The Kier molecular flexibility index (Phi) is 8.13. The summed E-state index contributed by atoms with van der Waals surface area (Å²) in [4.78, 5) is 15.2. The molecule has 0 saturated carbocycles. The fourth-order valence-corrected chi connectivity index (χ4v) is 8.24. The maximum atomic E-state index is 9.59. The van der Waals surface area contributed by atoms with E-state index >= 15 is 0 Å². The topological polar surface area (TPSA) is 75.6 Å².